The zero-order chi connectivity index (χ0) is 27.8. The summed E-state index contributed by atoms with van der Waals surface area (Å²) in [6.45, 7) is -0.0112. The SMILES string of the molecule is C#CC1(COC(=O)Cc2ccccc2)CCC(n2ccc3c(N)nc(Cl)nc32)O1.O=C(O)Cc1ccccc1. The predicted molar refractivity (Wildman–Crippen MR) is 147 cm³/mol. The smallest absolute Gasteiger partial charge is 0.310 e. The number of halogens is 1. The summed E-state index contributed by atoms with van der Waals surface area (Å²) in [5.74, 6) is 1.83. The number of fused-ring (bicyclic) bond motifs is 1. The number of carbonyl (C=O) groups excluding carboxylic acids is 1. The molecular formula is C29H27ClN4O5. The Labute approximate surface area is 230 Å². The van der Waals surface area contributed by atoms with E-state index in [1.165, 1.54) is 0 Å². The number of hydrogen-bond acceptors (Lipinski definition) is 7. The molecule has 10 heteroatoms. The molecule has 2 aromatic heterocycles. The van der Waals surface area contributed by atoms with E-state index in [-0.39, 0.29) is 36.9 Å². The summed E-state index contributed by atoms with van der Waals surface area (Å²) in [5.41, 5.74) is 7.22. The van der Waals surface area contributed by atoms with Crippen LogP contribution in [0, 0.1) is 12.3 Å². The van der Waals surface area contributed by atoms with Gasteiger partial charge in [-0.3, -0.25) is 9.59 Å². The summed E-state index contributed by atoms with van der Waals surface area (Å²) in [4.78, 5) is 30.6. The van der Waals surface area contributed by atoms with E-state index in [1.54, 1.807) is 18.2 Å². The third-order valence-corrected chi connectivity index (χ3v) is 6.33. The third kappa shape index (κ3) is 7.13. The highest BCUT2D eigenvalue weighted by molar-refractivity contribution is 6.28. The van der Waals surface area contributed by atoms with Crippen LogP contribution in [0.15, 0.2) is 72.9 Å². The Hall–Kier alpha value is -4.39. The number of carboxylic acid groups (broad SMARTS) is 1. The first-order valence-corrected chi connectivity index (χ1v) is 12.6. The van der Waals surface area contributed by atoms with Crippen molar-refractivity contribution in [3.8, 4) is 12.3 Å². The number of ether oxygens (including phenoxy) is 2. The molecule has 1 aliphatic rings. The van der Waals surface area contributed by atoms with Gasteiger partial charge in [-0.15, -0.1) is 6.42 Å². The molecule has 1 aliphatic heterocycles. The van der Waals surface area contributed by atoms with E-state index in [4.69, 9.17) is 38.3 Å². The van der Waals surface area contributed by atoms with Crippen LogP contribution >= 0.6 is 11.6 Å². The minimum absolute atomic E-state index is 0.0112. The molecule has 1 saturated heterocycles. The quantitative estimate of drug-likeness (QED) is 0.197. The van der Waals surface area contributed by atoms with Crippen molar-refractivity contribution in [2.24, 2.45) is 0 Å². The fourth-order valence-electron chi connectivity index (χ4n) is 4.23. The number of nitrogens with zero attached hydrogens (tertiary/aromatic N) is 3. The fraction of sp³-hybridized carbons (Fsp3) is 0.241. The van der Waals surface area contributed by atoms with Crippen molar-refractivity contribution < 1.29 is 24.2 Å². The number of esters is 1. The van der Waals surface area contributed by atoms with Gasteiger partial charge in [0.25, 0.3) is 0 Å². The zero-order valence-corrected chi connectivity index (χ0v) is 21.8. The van der Waals surface area contributed by atoms with Crippen LogP contribution in [0.1, 0.15) is 30.2 Å². The summed E-state index contributed by atoms with van der Waals surface area (Å²) in [5, 5.41) is 9.11. The molecule has 2 unspecified atom stereocenters. The number of aliphatic carboxylic acids is 1. The molecule has 0 aliphatic carbocycles. The topological polar surface area (TPSA) is 130 Å². The van der Waals surface area contributed by atoms with Crippen molar-refractivity contribution >= 4 is 40.4 Å². The molecule has 1 fully saturated rings. The second-order valence-electron chi connectivity index (χ2n) is 8.97. The van der Waals surface area contributed by atoms with Gasteiger partial charge in [0.05, 0.1) is 18.2 Å². The molecule has 0 saturated carbocycles. The number of terminal acetylenes is 1. The Morgan fingerprint density at radius 1 is 1.10 bits per heavy atom. The summed E-state index contributed by atoms with van der Waals surface area (Å²) < 4.78 is 13.4. The van der Waals surface area contributed by atoms with Crippen LogP contribution < -0.4 is 5.73 Å². The molecule has 39 heavy (non-hydrogen) atoms. The molecule has 0 bridgehead atoms. The number of benzene rings is 2. The maximum Gasteiger partial charge on any atom is 0.310 e. The van der Waals surface area contributed by atoms with Crippen molar-refractivity contribution in [3.05, 3.63) is 89.3 Å². The Morgan fingerprint density at radius 2 is 1.74 bits per heavy atom. The van der Waals surface area contributed by atoms with Gasteiger partial charge >= 0.3 is 11.9 Å². The van der Waals surface area contributed by atoms with Crippen molar-refractivity contribution in [2.45, 2.75) is 37.5 Å². The molecule has 2 aromatic carbocycles. The average molecular weight is 547 g/mol. The van der Waals surface area contributed by atoms with Crippen molar-refractivity contribution in [1.82, 2.24) is 14.5 Å². The third-order valence-electron chi connectivity index (χ3n) is 6.16. The van der Waals surface area contributed by atoms with E-state index >= 15 is 0 Å². The summed E-state index contributed by atoms with van der Waals surface area (Å²) in [6.07, 6.45) is 8.65. The van der Waals surface area contributed by atoms with E-state index in [0.717, 1.165) is 11.1 Å². The van der Waals surface area contributed by atoms with Crippen molar-refractivity contribution in [1.29, 1.82) is 0 Å². The van der Waals surface area contributed by atoms with Crippen molar-refractivity contribution in [2.75, 3.05) is 12.3 Å². The van der Waals surface area contributed by atoms with E-state index < -0.39 is 11.6 Å². The normalized spacial score (nSPS) is 18.1. The van der Waals surface area contributed by atoms with Crippen LogP contribution in [-0.2, 0) is 31.9 Å². The Balaban J connectivity index is 0.000000298. The molecule has 3 heterocycles. The van der Waals surface area contributed by atoms with Gasteiger partial charge < -0.3 is 24.9 Å². The number of rotatable bonds is 7. The first-order chi connectivity index (χ1) is 18.8. The highest BCUT2D eigenvalue weighted by Crippen LogP contribution is 2.38. The molecule has 3 N–H and O–H groups in total. The number of nitrogen functional groups attached to an aromatic ring is 1. The van der Waals surface area contributed by atoms with Gasteiger partial charge in [-0.05, 0) is 41.6 Å². The van der Waals surface area contributed by atoms with Crippen LogP contribution in [0.2, 0.25) is 5.28 Å². The van der Waals surface area contributed by atoms with Gasteiger partial charge in [0.2, 0.25) is 5.28 Å². The van der Waals surface area contributed by atoms with Crippen molar-refractivity contribution in [3.63, 3.8) is 0 Å². The molecule has 2 atom stereocenters. The minimum atomic E-state index is -0.990. The predicted octanol–water partition coefficient (Wildman–Crippen LogP) is 4.45. The number of nitrogens with two attached hydrogens (primary N) is 1. The zero-order valence-electron chi connectivity index (χ0n) is 21.0. The lowest BCUT2D eigenvalue weighted by Gasteiger charge is -2.24. The molecule has 0 radical (unpaired) electrons. The van der Waals surface area contributed by atoms with Crippen LogP contribution in [-0.4, -0.2) is 43.8 Å². The van der Waals surface area contributed by atoms with Crippen LogP contribution in [0.3, 0.4) is 0 Å². The summed E-state index contributed by atoms with van der Waals surface area (Å²) in [7, 11) is 0. The lowest BCUT2D eigenvalue weighted by Crippen LogP contribution is -2.34. The molecule has 0 amide bonds. The number of aromatic nitrogens is 3. The maximum atomic E-state index is 12.2. The summed E-state index contributed by atoms with van der Waals surface area (Å²) >= 11 is 5.95. The Bertz CT molecular complexity index is 1490. The van der Waals surface area contributed by atoms with Gasteiger partial charge in [-0.2, -0.15) is 4.98 Å². The number of carbonyl (C=O) groups is 2. The lowest BCUT2D eigenvalue weighted by molar-refractivity contribution is -0.151. The molecule has 5 rings (SSSR count). The van der Waals surface area contributed by atoms with E-state index in [0.29, 0.717) is 29.7 Å². The van der Waals surface area contributed by atoms with Gasteiger partial charge in [0.1, 0.15) is 24.3 Å². The first-order valence-electron chi connectivity index (χ1n) is 12.2. The van der Waals surface area contributed by atoms with Crippen LogP contribution in [0.5, 0.6) is 0 Å². The standard InChI is InChI=1S/C21H19ClN4O3.C8H8O2/c1-2-21(13-28-17(27)12-14-6-4-3-5-7-14)10-8-16(29-21)26-11-9-15-18(23)24-20(22)25-19(15)26;9-8(10)6-7-4-2-1-3-5-7/h1,3-7,9,11,16H,8,10,12-13H2,(H2,23,24,25);1-5H,6H2,(H,9,10). The van der Waals surface area contributed by atoms with Crippen LogP contribution in [0.25, 0.3) is 11.0 Å². The average Bonchev–Trinajstić information content (AvgIpc) is 3.54. The number of hydrogen-bond donors (Lipinski definition) is 2. The summed E-state index contributed by atoms with van der Waals surface area (Å²) in [6, 6.07) is 20.3. The highest BCUT2D eigenvalue weighted by Gasteiger charge is 2.41. The van der Waals surface area contributed by atoms with E-state index in [9.17, 15) is 9.59 Å². The molecular weight excluding hydrogens is 520 g/mol. The largest absolute Gasteiger partial charge is 0.481 e. The molecule has 9 nitrogen and oxygen atoms in total. The van der Waals surface area contributed by atoms with E-state index in [2.05, 4.69) is 15.9 Å². The second-order valence-corrected chi connectivity index (χ2v) is 9.31. The number of anilines is 1. The molecule has 4 aromatic rings. The fourth-order valence-corrected chi connectivity index (χ4v) is 4.40. The second kappa shape index (κ2) is 12.4. The van der Waals surface area contributed by atoms with Gasteiger partial charge in [-0.25, -0.2) is 4.98 Å². The van der Waals surface area contributed by atoms with E-state index in [1.807, 2.05) is 59.3 Å². The van der Waals surface area contributed by atoms with Gasteiger partial charge in [-0.1, -0.05) is 66.6 Å². The molecule has 200 valence electrons. The Kier molecular flexibility index (Phi) is 8.81. The lowest BCUT2D eigenvalue weighted by atomic mass is 10.0. The Morgan fingerprint density at radius 3 is 2.36 bits per heavy atom. The monoisotopic (exact) mass is 546 g/mol. The maximum absolute atomic E-state index is 12.2. The minimum Gasteiger partial charge on any atom is -0.481 e. The molecule has 0 spiro atoms. The number of carboxylic acids is 1. The first kappa shape index (κ1) is 27.6. The highest BCUT2D eigenvalue weighted by atomic mass is 35.5. The van der Waals surface area contributed by atoms with Gasteiger partial charge in [0, 0.05) is 6.20 Å². The van der Waals surface area contributed by atoms with Gasteiger partial charge in [0.15, 0.2) is 5.60 Å². The van der Waals surface area contributed by atoms with Crippen LogP contribution in [0.4, 0.5) is 5.82 Å².